The summed E-state index contributed by atoms with van der Waals surface area (Å²) >= 11 is 6.34. The van der Waals surface area contributed by atoms with Crippen LogP contribution in [-0.4, -0.2) is 35.5 Å². The third-order valence-corrected chi connectivity index (χ3v) is 5.23. The molecule has 1 spiro atoms. The quantitative estimate of drug-likeness (QED) is 0.833. The van der Waals surface area contributed by atoms with E-state index in [9.17, 15) is 9.90 Å². The van der Waals surface area contributed by atoms with E-state index in [1.165, 1.54) is 12.2 Å². The van der Waals surface area contributed by atoms with E-state index < -0.39 is 5.54 Å². The topological polar surface area (TPSA) is 59.0 Å². The smallest absolute Gasteiger partial charge is 0.282 e. The first-order valence-corrected chi connectivity index (χ1v) is 8.56. The number of amides is 1. The Morgan fingerprint density at radius 1 is 1.29 bits per heavy atom. The number of hydrogen-bond donors (Lipinski definition) is 1. The summed E-state index contributed by atoms with van der Waals surface area (Å²) in [6.45, 7) is 1.83. The van der Waals surface area contributed by atoms with Crippen molar-refractivity contribution in [1.82, 2.24) is 5.06 Å². The number of benzene rings is 1. The lowest BCUT2D eigenvalue weighted by atomic mass is 9.80. The minimum absolute atomic E-state index is 0.0461. The summed E-state index contributed by atoms with van der Waals surface area (Å²) in [7, 11) is 1.50. The lowest BCUT2D eigenvalue weighted by Crippen LogP contribution is -2.49. The Balaban J connectivity index is 2.12. The van der Waals surface area contributed by atoms with Gasteiger partial charge in [-0.25, -0.2) is 9.90 Å². The van der Waals surface area contributed by atoms with E-state index in [1.54, 1.807) is 6.07 Å². The second-order valence-electron chi connectivity index (χ2n) is 6.38. The van der Waals surface area contributed by atoms with Gasteiger partial charge in [0.2, 0.25) is 0 Å². The third kappa shape index (κ3) is 2.61. The van der Waals surface area contributed by atoms with Crippen molar-refractivity contribution >= 4 is 23.1 Å². The van der Waals surface area contributed by atoms with E-state index in [0.717, 1.165) is 24.8 Å². The zero-order valence-corrected chi connectivity index (χ0v) is 14.7. The number of ether oxygens (including phenoxy) is 1. The first-order chi connectivity index (χ1) is 11.5. The van der Waals surface area contributed by atoms with Crippen molar-refractivity contribution in [2.24, 2.45) is 0 Å². The van der Waals surface area contributed by atoms with Gasteiger partial charge < -0.3 is 9.84 Å². The molecule has 2 aliphatic rings. The molecule has 0 radical (unpaired) electrons. The Labute approximate surface area is 146 Å². The van der Waals surface area contributed by atoms with E-state index >= 15 is 0 Å². The summed E-state index contributed by atoms with van der Waals surface area (Å²) in [5.74, 6) is -0.290. The van der Waals surface area contributed by atoms with Crippen molar-refractivity contribution in [1.29, 1.82) is 0 Å². The third-order valence-electron chi connectivity index (χ3n) is 4.92. The summed E-state index contributed by atoms with van der Waals surface area (Å²) in [5, 5.41) is 12.8. The number of carbonyl (C=O) groups is 1. The molecule has 1 aliphatic carbocycles. The fourth-order valence-corrected chi connectivity index (χ4v) is 4.08. The van der Waals surface area contributed by atoms with Crippen LogP contribution in [0.15, 0.2) is 24.0 Å². The summed E-state index contributed by atoms with van der Waals surface area (Å²) in [6, 6.07) is 5.43. The SMILES string of the molecule is COCON1C(=O)C(c2c(C)cccc2Cl)=C(O)C12CCCCC2. The van der Waals surface area contributed by atoms with Gasteiger partial charge in [-0.2, -0.15) is 0 Å². The van der Waals surface area contributed by atoms with Crippen LogP contribution >= 0.6 is 11.6 Å². The van der Waals surface area contributed by atoms with Crippen LogP contribution in [0, 0.1) is 6.92 Å². The average Bonchev–Trinajstić information content (AvgIpc) is 2.75. The molecule has 1 aromatic rings. The van der Waals surface area contributed by atoms with E-state index in [2.05, 4.69) is 0 Å². The molecule has 1 aliphatic heterocycles. The Bertz CT molecular complexity index is 659. The predicted molar refractivity (Wildman–Crippen MR) is 91.4 cm³/mol. The van der Waals surface area contributed by atoms with Crippen LogP contribution in [0.25, 0.3) is 5.57 Å². The molecule has 0 unspecified atom stereocenters. The van der Waals surface area contributed by atoms with Crippen molar-refractivity contribution in [3.63, 3.8) is 0 Å². The molecule has 1 amide bonds. The highest BCUT2D eigenvalue weighted by Gasteiger charge is 2.54. The average molecular weight is 352 g/mol. The zero-order chi connectivity index (χ0) is 17.3. The normalized spacial score (nSPS) is 20.3. The molecule has 0 atom stereocenters. The number of halogens is 1. The summed E-state index contributed by atoms with van der Waals surface area (Å²) in [5.41, 5.74) is 0.859. The van der Waals surface area contributed by atoms with Gasteiger partial charge in [0, 0.05) is 17.7 Å². The number of nitrogens with zero attached hydrogens (tertiary/aromatic N) is 1. The van der Waals surface area contributed by atoms with Gasteiger partial charge in [-0.1, -0.05) is 43.0 Å². The number of carbonyl (C=O) groups excluding carboxylic acids is 1. The fraction of sp³-hybridized carbons (Fsp3) is 0.500. The van der Waals surface area contributed by atoms with Gasteiger partial charge in [0.15, 0.2) is 6.79 Å². The second kappa shape index (κ2) is 6.75. The van der Waals surface area contributed by atoms with Crippen molar-refractivity contribution in [2.75, 3.05) is 13.9 Å². The Hall–Kier alpha value is -1.56. The van der Waals surface area contributed by atoms with Gasteiger partial charge >= 0.3 is 0 Å². The fourth-order valence-electron chi connectivity index (χ4n) is 3.76. The van der Waals surface area contributed by atoms with Crippen LogP contribution in [0.5, 0.6) is 0 Å². The van der Waals surface area contributed by atoms with Gasteiger partial charge in [0.05, 0.1) is 5.57 Å². The molecule has 130 valence electrons. The highest BCUT2D eigenvalue weighted by atomic mass is 35.5. The molecule has 5 nitrogen and oxygen atoms in total. The number of hydroxylamine groups is 2. The number of hydrogen-bond acceptors (Lipinski definition) is 4. The monoisotopic (exact) mass is 351 g/mol. The number of methoxy groups -OCH3 is 1. The highest BCUT2D eigenvalue weighted by molar-refractivity contribution is 6.35. The maximum Gasteiger partial charge on any atom is 0.282 e. The number of aryl methyl sites for hydroxylation is 1. The molecular weight excluding hydrogens is 330 g/mol. The number of aliphatic hydroxyl groups is 1. The first kappa shape index (κ1) is 17.3. The molecule has 6 heteroatoms. The summed E-state index contributed by atoms with van der Waals surface area (Å²) in [4.78, 5) is 18.6. The molecular formula is C18H22ClNO4. The number of rotatable bonds is 4. The minimum Gasteiger partial charge on any atom is -0.509 e. The van der Waals surface area contributed by atoms with Crippen LogP contribution < -0.4 is 0 Å². The van der Waals surface area contributed by atoms with E-state index in [1.807, 2.05) is 19.1 Å². The van der Waals surface area contributed by atoms with Crippen molar-refractivity contribution in [2.45, 2.75) is 44.6 Å². The Kier molecular flexibility index (Phi) is 4.85. The minimum atomic E-state index is -0.811. The molecule has 0 saturated heterocycles. The van der Waals surface area contributed by atoms with Gasteiger partial charge in [-0.05, 0) is 31.4 Å². The highest BCUT2D eigenvalue weighted by Crippen LogP contribution is 2.48. The lowest BCUT2D eigenvalue weighted by molar-refractivity contribution is -0.248. The first-order valence-electron chi connectivity index (χ1n) is 8.18. The summed E-state index contributed by atoms with van der Waals surface area (Å²) in [6.07, 6.45) is 4.28. The van der Waals surface area contributed by atoms with Crippen molar-refractivity contribution in [3.05, 3.63) is 40.1 Å². The van der Waals surface area contributed by atoms with Gasteiger partial charge in [0.1, 0.15) is 11.3 Å². The van der Waals surface area contributed by atoms with Gasteiger partial charge in [0.25, 0.3) is 5.91 Å². The molecule has 1 heterocycles. The predicted octanol–water partition coefficient (Wildman–Crippen LogP) is 4.00. The van der Waals surface area contributed by atoms with Crippen molar-refractivity contribution in [3.8, 4) is 0 Å². The molecule has 1 N–H and O–H groups in total. The zero-order valence-electron chi connectivity index (χ0n) is 14.0. The maximum absolute atomic E-state index is 13.1. The second-order valence-corrected chi connectivity index (χ2v) is 6.79. The van der Waals surface area contributed by atoms with Crippen LogP contribution in [0.3, 0.4) is 0 Å². The maximum atomic E-state index is 13.1. The van der Waals surface area contributed by atoms with Crippen LogP contribution in [0.2, 0.25) is 5.02 Å². The number of aliphatic hydroxyl groups excluding tert-OH is 1. The molecule has 0 aromatic heterocycles. The molecule has 1 saturated carbocycles. The van der Waals surface area contributed by atoms with E-state index in [-0.39, 0.29) is 24.0 Å². The van der Waals surface area contributed by atoms with Crippen LogP contribution in [0.1, 0.15) is 43.2 Å². The van der Waals surface area contributed by atoms with E-state index in [4.69, 9.17) is 21.2 Å². The Morgan fingerprint density at radius 3 is 2.62 bits per heavy atom. The van der Waals surface area contributed by atoms with Crippen LogP contribution in [0.4, 0.5) is 0 Å². The standard InChI is InChI=1S/C18H22ClNO4/c1-12-7-6-8-13(19)14(12)15-16(21)18(9-4-3-5-10-18)20(17(15)22)24-11-23-2/h6-8,21H,3-5,9-11H2,1-2H3. The Morgan fingerprint density at radius 2 is 2.00 bits per heavy atom. The largest absolute Gasteiger partial charge is 0.509 e. The summed E-state index contributed by atoms with van der Waals surface area (Å²) < 4.78 is 4.97. The van der Waals surface area contributed by atoms with Crippen LogP contribution in [-0.2, 0) is 14.4 Å². The molecule has 3 rings (SSSR count). The van der Waals surface area contributed by atoms with Gasteiger partial charge in [-0.15, -0.1) is 0 Å². The molecule has 24 heavy (non-hydrogen) atoms. The van der Waals surface area contributed by atoms with E-state index in [0.29, 0.717) is 23.4 Å². The molecule has 1 fully saturated rings. The lowest BCUT2D eigenvalue weighted by Gasteiger charge is -2.39. The van der Waals surface area contributed by atoms with Crippen molar-refractivity contribution < 1.29 is 19.5 Å². The molecule has 1 aromatic carbocycles. The molecule has 0 bridgehead atoms. The van der Waals surface area contributed by atoms with Gasteiger partial charge in [-0.3, -0.25) is 4.79 Å².